The Morgan fingerprint density at radius 3 is 2.57 bits per heavy atom. The summed E-state index contributed by atoms with van der Waals surface area (Å²) in [6.45, 7) is 1.81. The van der Waals surface area contributed by atoms with Crippen LogP contribution in [-0.4, -0.2) is 12.5 Å². The van der Waals surface area contributed by atoms with E-state index in [2.05, 4.69) is 23.5 Å². The molecule has 0 aliphatic heterocycles. The van der Waals surface area contributed by atoms with Crippen LogP contribution in [0, 0.1) is 0 Å². The number of carbonyl (C=O) groups is 1. The fourth-order valence-electron chi connectivity index (χ4n) is 3.12. The summed E-state index contributed by atoms with van der Waals surface area (Å²) in [5.74, 6) is 0.241. The van der Waals surface area contributed by atoms with Crippen LogP contribution in [0.1, 0.15) is 18.5 Å². The summed E-state index contributed by atoms with van der Waals surface area (Å²) >= 11 is 0. The maximum absolute atomic E-state index is 12.3. The molecule has 0 fully saturated rings. The SMILES string of the molecule is CC(NC(=O)COc1ccc2ccc(=O)oc2c1)c1ccc2ccccc2c1. The third-order valence-electron chi connectivity index (χ3n) is 4.62. The molecule has 0 bridgehead atoms. The summed E-state index contributed by atoms with van der Waals surface area (Å²) < 4.78 is 10.7. The average molecular weight is 373 g/mol. The minimum Gasteiger partial charge on any atom is -0.484 e. The zero-order valence-corrected chi connectivity index (χ0v) is 15.3. The molecule has 1 aromatic heterocycles. The van der Waals surface area contributed by atoms with E-state index in [1.54, 1.807) is 24.3 Å². The van der Waals surface area contributed by atoms with Crippen molar-refractivity contribution in [2.45, 2.75) is 13.0 Å². The molecule has 0 aliphatic carbocycles. The van der Waals surface area contributed by atoms with Gasteiger partial charge in [-0.05, 0) is 47.5 Å². The highest BCUT2D eigenvalue weighted by Crippen LogP contribution is 2.21. The molecule has 1 N–H and O–H groups in total. The van der Waals surface area contributed by atoms with Gasteiger partial charge in [-0.15, -0.1) is 0 Å². The molecule has 3 aromatic carbocycles. The first-order valence-corrected chi connectivity index (χ1v) is 9.03. The van der Waals surface area contributed by atoms with Gasteiger partial charge >= 0.3 is 5.63 Å². The van der Waals surface area contributed by atoms with Gasteiger partial charge in [-0.1, -0.05) is 36.4 Å². The molecule has 1 heterocycles. The summed E-state index contributed by atoms with van der Waals surface area (Å²) in [6, 6.07) is 22.3. The normalized spacial score (nSPS) is 12.0. The van der Waals surface area contributed by atoms with Gasteiger partial charge in [-0.25, -0.2) is 4.79 Å². The van der Waals surface area contributed by atoms with Gasteiger partial charge in [0.1, 0.15) is 11.3 Å². The van der Waals surface area contributed by atoms with Gasteiger partial charge < -0.3 is 14.5 Å². The molecule has 28 heavy (non-hydrogen) atoms. The molecule has 5 heteroatoms. The minimum absolute atomic E-state index is 0.125. The van der Waals surface area contributed by atoms with E-state index in [9.17, 15) is 9.59 Å². The molecule has 140 valence electrons. The standard InChI is InChI=1S/C23H19NO4/c1-15(18-7-6-16-4-2-3-5-19(16)12-18)24-22(25)14-27-20-10-8-17-9-11-23(26)28-21(17)13-20/h2-13,15H,14H2,1H3,(H,24,25). The molecule has 0 radical (unpaired) electrons. The molecule has 1 atom stereocenters. The van der Waals surface area contributed by atoms with Crippen LogP contribution in [0.5, 0.6) is 5.75 Å². The summed E-state index contributed by atoms with van der Waals surface area (Å²) in [7, 11) is 0. The number of ether oxygens (including phenoxy) is 1. The molecular weight excluding hydrogens is 354 g/mol. The molecule has 0 aliphatic rings. The number of amides is 1. The van der Waals surface area contributed by atoms with E-state index in [-0.39, 0.29) is 18.6 Å². The van der Waals surface area contributed by atoms with E-state index in [4.69, 9.17) is 9.15 Å². The largest absolute Gasteiger partial charge is 0.484 e. The van der Waals surface area contributed by atoms with E-state index in [1.165, 1.54) is 6.07 Å². The first kappa shape index (κ1) is 17.8. The van der Waals surface area contributed by atoms with Crippen molar-refractivity contribution in [2.24, 2.45) is 0 Å². The van der Waals surface area contributed by atoms with Crippen LogP contribution in [0.25, 0.3) is 21.7 Å². The van der Waals surface area contributed by atoms with Crippen LogP contribution >= 0.6 is 0 Å². The smallest absolute Gasteiger partial charge is 0.336 e. The van der Waals surface area contributed by atoms with Crippen molar-refractivity contribution < 1.29 is 13.9 Å². The topological polar surface area (TPSA) is 68.5 Å². The van der Waals surface area contributed by atoms with Crippen LogP contribution in [0.3, 0.4) is 0 Å². The molecule has 0 saturated carbocycles. The lowest BCUT2D eigenvalue weighted by Gasteiger charge is -2.15. The van der Waals surface area contributed by atoms with Crippen LogP contribution in [0.4, 0.5) is 0 Å². The monoisotopic (exact) mass is 373 g/mol. The van der Waals surface area contributed by atoms with Gasteiger partial charge in [0.05, 0.1) is 6.04 Å². The fourth-order valence-corrected chi connectivity index (χ4v) is 3.12. The third kappa shape index (κ3) is 3.88. The fraction of sp³-hybridized carbons (Fsp3) is 0.130. The zero-order chi connectivity index (χ0) is 19.5. The molecular formula is C23H19NO4. The van der Waals surface area contributed by atoms with Crippen molar-refractivity contribution in [1.29, 1.82) is 0 Å². The van der Waals surface area contributed by atoms with E-state index < -0.39 is 5.63 Å². The minimum atomic E-state index is -0.424. The predicted octanol–water partition coefficient (Wildman–Crippen LogP) is 4.20. The molecule has 5 nitrogen and oxygen atoms in total. The van der Waals surface area contributed by atoms with E-state index in [1.807, 2.05) is 31.2 Å². The Hall–Kier alpha value is -3.60. The van der Waals surface area contributed by atoms with Crippen molar-refractivity contribution in [3.63, 3.8) is 0 Å². The Labute approximate surface area is 161 Å². The molecule has 0 spiro atoms. The molecule has 4 rings (SSSR count). The van der Waals surface area contributed by atoms with Crippen molar-refractivity contribution in [3.05, 3.63) is 88.8 Å². The van der Waals surface area contributed by atoms with Gasteiger partial charge in [0.15, 0.2) is 6.61 Å². The number of hydrogen-bond acceptors (Lipinski definition) is 4. The highest BCUT2D eigenvalue weighted by atomic mass is 16.5. The summed E-state index contributed by atoms with van der Waals surface area (Å²) in [6.07, 6.45) is 0. The van der Waals surface area contributed by atoms with Gasteiger partial charge in [0.2, 0.25) is 0 Å². The highest BCUT2D eigenvalue weighted by Gasteiger charge is 2.11. The van der Waals surface area contributed by atoms with E-state index in [0.29, 0.717) is 11.3 Å². The average Bonchev–Trinajstić information content (AvgIpc) is 2.71. The van der Waals surface area contributed by atoms with E-state index >= 15 is 0 Å². The zero-order valence-electron chi connectivity index (χ0n) is 15.3. The molecule has 1 unspecified atom stereocenters. The maximum atomic E-state index is 12.3. The Balaban J connectivity index is 1.40. The van der Waals surface area contributed by atoms with Gasteiger partial charge in [0, 0.05) is 17.5 Å². The number of carbonyl (C=O) groups excluding carboxylic acids is 1. The number of rotatable bonds is 5. The maximum Gasteiger partial charge on any atom is 0.336 e. The number of benzene rings is 3. The lowest BCUT2D eigenvalue weighted by atomic mass is 10.0. The Bertz CT molecular complexity index is 1210. The lowest BCUT2D eigenvalue weighted by Crippen LogP contribution is -2.31. The van der Waals surface area contributed by atoms with Gasteiger partial charge in [0.25, 0.3) is 5.91 Å². The quantitative estimate of drug-likeness (QED) is 0.532. The van der Waals surface area contributed by atoms with Crippen molar-refractivity contribution in [3.8, 4) is 5.75 Å². The van der Waals surface area contributed by atoms with Crippen LogP contribution in [0.2, 0.25) is 0 Å². The summed E-state index contributed by atoms with van der Waals surface area (Å²) in [4.78, 5) is 23.6. The van der Waals surface area contributed by atoms with Gasteiger partial charge in [-0.3, -0.25) is 4.79 Å². The van der Waals surface area contributed by atoms with Crippen molar-refractivity contribution >= 4 is 27.6 Å². The second-order valence-electron chi connectivity index (χ2n) is 6.64. The summed E-state index contributed by atoms with van der Waals surface area (Å²) in [5.41, 5.74) is 1.03. The number of hydrogen-bond donors (Lipinski definition) is 1. The second kappa shape index (κ2) is 7.56. The van der Waals surface area contributed by atoms with Crippen LogP contribution in [0.15, 0.2) is 82.0 Å². The number of nitrogens with one attached hydrogen (secondary N) is 1. The second-order valence-corrected chi connectivity index (χ2v) is 6.64. The lowest BCUT2D eigenvalue weighted by molar-refractivity contribution is -0.123. The van der Waals surface area contributed by atoms with Crippen molar-refractivity contribution in [1.82, 2.24) is 5.32 Å². The van der Waals surface area contributed by atoms with Crippen LogP contribution < -0.4 is 15.7 Å². The van der Waals surface area contributed by atoms with E-state index in [0.717, 1.165) is 21.7 Å². The third-order valence-corrected chi connectivity index (χ3v) is 4.62. The molecule has 0 saturated heterocycles. The summed E-state index contributed by atoms with van der Waals surface area (Å²) in [5, 5.41) is 6.03. The molecule has 4 aromatic rings. The van der Waals surface area contributed by atoms with Gasteiger partial charge in [-0.2, -0.15) is 0 Å². The highest BCUT2D eigenvalue weighted by molar-refractivity contribution is 5.83. The number of fused-ring (bicyclic) bond motifs is 2. The predicted molar refractivity (Wildman–Crippen MR) is 108 cm³/mol. The first-order valence-electron chi connectivity index (χ1n) is 9.03. The Kier molecular flexibility index (Phi) is 4.81. The van der Waals surface area contributed by atoms with Crippen LogP contribution in [-0.2, 0) is 4.79 Å². The first-order chi connectivity index (χ1) is 13.6. The Morgan fingerprint density at radius 2 is 1.71 bits per heavy atom. The van der Waals surface area contributed by atoms with Crippen molar-refractivity contribution in [2.75, 3.05) is 6.61 Å². The Morgan fingerprint density at radius 1 is 0.964 bits per heavy atom. The molecule has 1 amide bonds.